The maximum atomic E-state index is 12.5. The first-order chi connectivity index (χ1) is 10.0. The van der Waals surface area contributed by atoms with Crippen LogP contribution in [0.25, 0.3) is 0 Å². The molecule has 1 aliphatic heterocycles. The summed E-state index contributed by atoms with van der Waals surface area (Å²) in [6.07, 6.45) is 7.50. The summed E-state index contributed by atoms with van der Waals surface area (Å²) in [4.78, 5) is 17.2. The van der Waals surface area contributed by atoms with Gasteiger partial charge in [-0.1, -0.05) is 19.8 Å². The zero-order chi connectivity index (χ0) is 15.0. The molecule has 2 saturated carbocycles. The molecule has 3 aliphatic rings. The Bertz CT molecular complexity index is 393. The van der Waals surface area contributed by atoms with E-state index in [0.29, 0.717) is 0 Å². The Labute approximate surface area is 141 Å². The van der Waals surface area contributed by atoms with Crippen LogP contribution in [0.5, 0.6) is 0 Å². The predicted molar refractivity (Wildman–Crippen MR) is 92.1 cm³/mol. The first-order valence-corrected chi connectivity index (χ1v) is 8.83. The van der Waals surface area contributed by atoms with Gasteiger partial charge in [-0.05, 0) is 44.4 Å². The molecule has 2 bridgehead atoms. The second kappa shape index (κ2) is 7.06. The minimum atomic E-state index is -0.677. The van der Waals surface area contributed by atoms with Gasteiger partial charge in [-0.2, -0.15) is 0 Å². The summed E-state index contributed by atoms with van der Waals surface area (Å²) in [5.74, 6) is 2.09. The summed E-state index contributed by atoms with van der Waals surface area (Å²) in [6.45, 7) is 7.79. The summed E-state index contributed by atoms with van der Waals surface area (Å²) >= 11 is 0. The highest BCUT2D eigenvalue weighted by Crippen LogP contribution is 2.46. The summed E-state index contributed by atoms with van der Waals surface area (Å²) in [5.41, 5.74) is 5.53. The number of piperazine rings is 1. The van der Waals surface area contributed by atoms with Crippen LogP contribution < -0.4 is 5.73 Å². The van der Waals surface area contributed by atoms with Crippen molar-refractivity contribution in [2.75, 3.05) is 26.2 Å². The molecule has 3 fully saturated rings. The lowest BCUT2D eigenvalue weighted by molar-refractivity contribution is -0.139. The Morgan fingerprint density at radius 2 is 1.86 bits per heavy atom. The van der Waals surface area contributed by atoms with Gasteiger partial charge in [0.05, 0.1) is 5.54 Å². The van der Waals surface area contributed by atoms with Crippen molar-refractivity contribution < 1.29 is 4.79 Å². The molecule has 4 atom stereocenters. The molecule has 4 unspecified atom stereocenters. The van der Waals surface area contributed by atoms with Crippen molar-refractivity contribution in [3.8, 4) is 0 Å². The molecule has 2 aliphatic carbocycles. The standard InChI is InChI=1S/C17H31N3O.ClH/c1-3-6-17(2,18)16(21)20-9-7-19(8-10-20)15-12-13-4-5-14(15)11-13;/h13-15H,3-12,18H2,1-2H3;1H. The van der Waals surface area contributed by atoms with Gasteiger partial charge in [0.2, 0.25) is 5.91 Å². The third-order valence-electron chi connectivity index (χ3n) is 6.03. The number of halogens is 1. The fraction of sp³-hybridized carbons (Fsp3) is 0.941. The molecule has 1 heterocycles. The van der Waals surface area contributed by atoms with Gasteiger partial charge in [-0.25, -0.2) is 0 Å². The Hall–Kier alpha value is -0.320. The number of nitrogens with two attached hydrogens (primary N) is 1. The first-order valence-electron chi connectivity index (χ1n) is 8.83. The number of hydrogen-bond donors (Lipinski definition) is 1. The molecular formula is C17H32ClN3O. The van der Waals surface area contributed by atoms with E-state index in [1.807, 2.05) is 11.8 Å². The van der Waals surface area contributed by atoms with Crippen LogP contribution in [0.15, 0.2) is 0 Å². The molecule has 1 amide bonds. The average molecular weight is 330 g/mol. The van der Waals surface area contributed by atoms with Crippen LogP contribution in [0.3, 0.4) is 0 Å². The van der Waals surface area contributed by atoms with Gasteiger partial charge in [0.25, 0.3) is 0 Å². The van der Waals surface area contributed by atoms with Crippen molar-refractivity contribution in [3.05, 3.63) is 0 Å². The number of hydrogen-bond acceptors (Lipinski definition) is 3. The maximum absolute atomic E-state index is 12.5. The molecule has 4 nitrogen and oxygen atoms in total. The van der Waals surface area contributed by atoms with E-state index in [-0.39, 0.29) is 18.3 Å². The Morgan fingerprint density at radius 1 is 1.18 bits per heavy atom. The van der Waals surface area contributed by atoms with Crippen molar-refractivity contribution in [3.63, 3.8) is 0 Å². The van der Waals surface area contributed by atoms with Crippen molar-refractivity contribution in [2.45, 2.75) is 64.0 Å². The quantitative estimate of drug-likeness (QED) is 0.860. The topological polar surface area (TPSA) is 49.6 Å². The molecule has 0 spiro atoms. The molecule has 0 aromatic rings. The van der Waals surface area contributed by atoms with E-state index < -0.39 is 5.54 Å². The van der Waals surface area contributed by atoms with Gasteiger partial charge in [0.15, 0.2) is 0 Å². The molecule has 22 heavy (non-hydrogen) atoms. The highest BCUT2D eigenvalue weighted by Gasteiger charge is 2.43. The molecule has 0 aromatic heterocycles. The molecule has 5 heteroatoms. The van der Waals surface area contributed by atoms with E-state index in [1.165, 1.54) is 25.7 Å². The van der Waals surface area contributed by atoms with Crippen LogP contribution in [0.1, 0.15) is 52.4 Å². The Balaban J connectivity index is 0.00000176. The van der Waals surface area contributed by atoms with Crippen LogP contribution in [-0.4, -0.2) is 53.5 Å². The van der Waals surface area contributed by atoms with E-state index in [1.54, 1.807) is 0 Å². The summed E-state index contributed by atoms with van der Waals surface area (Å²) in [6, 6.07) is 0.806. The normalized spacial score (nSPS) is 34.3. The van der Waals surface area contributed by atoms with Crippen LogP contribution in [0.4, 0.5) is 0 Å². The third kappa shape index (κ3) is 3.44. The number of amides is 1. The van der Waals surface area contributed by atoms with Crippen LogP contribution in [0.2, 0.25) is 0 Å². The van der Waals surface area contributed by atoms with Gasteiger partial charge >= 0.3 is 0 Å². The monoisotopic (exact) mass is 329 g/mol. The second-order valence-electron chi connectivity index (χ2n) is 7.74. The number of nitrogens with zero attached hydrogens (tertiary/aromatic N) is 2. The minimum Gasteiger partial charge on any atom is -0.339 e. The largest absolute Gasteiger partial charge is 0.339 e. The van der Waals surface area contributed by atoms with Crippen LogP contribution in [0, 0.1) is 11.8 Å². The van der Waals surface area contributed by atoms with Crippen LogP contribution in [-0.2, 0) is 4.79 Å². The number of carbonyl (C=O) groups is 1. The van der Waals surface area contributed by atoms with E-state index in [9.17, 15) is 4.79 Å². The number of rotatable bonds is 4. The van der Waals surface area contributed by atoms with E-state index >= 15 is 0 Å². The van der Waals surface area contributed by atoms with Gasteiger partial charge in [-0.3, -0.25) is 9.69 Å². The van der Waals surface area contributed by atoms with Crippen molar-refractivity contribution in [2.24, 2.45) is 17.6 Å². The molecule has 0 radical (unpaired) electrons. The third-order valence-corrected chi connectivity index (χ3v) is 6.03. The second-order valence-corrected chi connectivity index (χ2v) is 7.74. The fourth-order valence-corrected chi connectivity index (χ4v) is 4.90. The highest BCUT2D eigenvalue weighted by molar-refractivity contribution is 5.86. The Morgan fingerprint density at radius 3 is 2.36 bits per heavy atom. The van der Waals surface area contributed by atoms with Gasteiger partial charge in [0.1, 0.15) is 0 Å². The van der Waals surface area contributed by atoms with Gasteiger partial charge in [0, 0.05) is 32.2 Å². The lowest BCUT2D eigenvalue weighted by Crippen LogP contribution is -2.59. The first kappa shape index (κ1) is 18.0. The van der Waals surface area contributed by atoms with Crippen molar-refractivity contribution in [1.29, 1.82) is 0 Å². The molecule has 3 rings (SSSR count). The molecule has 0 aromatic carbocycles. The summed E-state index contributed by atoms with van der Waals surface area (Å²) < 4.78 is 0. The lowest BCUT2D eigenvalue weighted by atomic mass is 9.93. The Kier molecular flexibility index (Phi) is 5.79. The zero-order valence-electron chi connectivity index (χ0n) is 14.1. The summed E-state index contributed by atoms with van der Waals surface area (Å²) in [7, 11) is 0. The van der Waals surface area contributed by atoms with E-state index in [0.717, 1.165) is 56.9 Å². The van der Waals surface area contributed by atoms with Crippen molar-refractivity contribution >= 4 is 18.3 Å². The molecule has 1 saturated heterocycles. The average Bonchev–Trinajstić information content (AvgIpc) is 3.09. The van der Waals surface area contributed by atoms with Gasteiger partial charge in [-0.15, -0.1) is 12.4 Å². The SMILES string of the molecule is CCCC(C)(N)C(=O)N1CCN(C2CC3CCC2C3)CC1.Cl. The van der Waals surface area contributed by atoms with E-state index in [4.69, 9.17) is 5.73 Å². The molecule has 128 valence electrons. The van der Waals surface area contributed by atoms with Crippen LogP contribution >= 0.6 is 12.4 Å². The maximum Gasteiger partial charge on any atom is 0.242 e. The fourth-order valence-electron chi connectivity index (χ4n) is 4.90. The minimum absolute atomic E-state index is 0. The van der Waals surface area contributed by atoms with E-state index in [2.05, 4.69) is 11.8 Å². The predicted octanol–water partition coefficient (Wildman–Crippen LogP) is 2.26. The molecule has 2 N–H and O–H groups in total. The summed E-state index contributed by atoms with van der Waals surface area (Å²) in [5, 5.41) is 0. The molecular weight excluding hydrogens is 298 g/mol. The van der Waals surface area contributed by atoms with Gasteiger partial charge < -0.3 is 10.6 Å². The number of fused-ring (bicyclic) bond motifs is 2. The highest BCUT2D eigenvalue weighted by atomic mass is 35.5. The van der Waals surface area contributed by atoms with Crippen molar-refractivity contribution in [1.82, 2.24) is 9.80 Å². The lowest BCUT2D eigenvalue weighted by Gasteiger charge is -2.42. The zero-order valence-corrected chi connectivity index (χ0v) is 14.9. The smallest absolute Gasteiger partial charge is 0.242 e. The number of carbonyl (C=O) groups excluding carboxylic acids is 1.